The minimum Gasteiger partial charge on any atom is -0.478 e. The van der Waals surface area contributed by atoms with Gasteiger partial charge in [0.15, 0.2) is 5.82 Å². The molecule has 130 valence electrons. The lowest BCUT2D eigenvalue weighted by Gasteiger charge is -2.20. The highest BCUT2D eigenvalue weighted by Gasteiger charge is 2.19. The molecule has 2 aromatic heterocycles. The average molecular weight is 340 g/mol. The Balaban J connectivity index is 2.01. The highest BCUT2D eigenvalue weighted by Crippen LogP contribution is 2.26. The third-order valence-corrected chi connectivity index (χ3v) is 4.06. The van der Waals surface area contributed by atoms with Crippen molar-refractivity contribution in [2.45, 2.75) is 19.9 Å². The van der Waals surface area contributed by atoms with Gasteiger partial charge in [-0.05, 0) is 25.0 Å². The largest absolute Gasteiger partial charge is 0.478 e. The second kappa shape index (κ2) is 7.31. The van der Waals surface area contributed by atoms with Crippen LogP contribution in [-0.4, -0.2) is 38.9 Å². The van der Waals surface area contributed by atoms with Crippen molar-refractivity contribution in [3.8, 4) is 0 Å². The smallest absolute Gasteiger partial charge is 0.337 e. The van der Waals surface area contributed by atoms with Crippen LogP contribution in [0.15, 0.2) is 42.9 Å². The van der Waals surface area contributed by atoms with E-state index in [-0.39, 0.29) is 11.6 Å². The van der Waals surface area contributed by atoms with E-state index in [0.29, 0.717) is 30.1 Å². The zero-order valence-corrected chi connectivity index (χ0v) is 14.1. The number of aryl methyl sites for hydroxylation is 1. The van der Waals surface area contributed by atoms with Crippen LogP contribution in [0.3, 0.4) is 0 Å². The Morgan fingerprint density at radius 1 is 1.36 bits per heavy atom. The predicted molar refractivity (Wildman–Crippen MR) is 94.0 cm³/mol. The molecule has 0 spiro atoms. The monoisotopic (exact) mass is 340 g/mol. The summed E-state index contributed by atoms with van der Waals surface area (Å²) in [7, 11) is 0. The highest BCUT2D eigenvalue weighted by atomic mass is 16.5. The number of nitrogens with one attached hydrogen (secondary N) is 1. The summed E-state index contributed by atoms with van der Waals surface area (Å²) >= 11 is 0. The van der Waals surface area contributed by atoms with Gasteiger partial charge in [0, 0.05) is 12.8 Å². The molecule has 1 atom stereocenters. The van der Waals surface area contributed by atoms with E-state index in [0.717, 1.165) is 5.56 Å². The average Bonchev–Trinajstić information content (AvgIpc) is 2.97. The van der Waals surface area contributed by atoms with Crippen molar-refractivity contribution in [3.63, 3.8) is 0 Å². The van der Waals surface area contributed by atoms with E-state index in [9.17, 15) is 9.90 Å². The lowest BCUT2D eigenvalue weighted by Crippen LogP contribution is -2.18. The van der Waals surface area contributed by atoms with Gasteiger partial charge >= 0.3 is 5.97 Å². The Bertz CT molecular complexity index is 877. The molecule has 0 aliphatic carbocycles. The van der Waals surface area contributed by atoms with Crippen molar-refractivity contribution in [1.82, 2.24) is 14.6 Å². The third kappa shape index (κ3) is 3.46. The number of aromatic carboxylic acids is 1. The number of fused-ring (bicyclic) bond motifs is 1. The molecule has 0 aliphatic heterocycles. The number of aromatic nitrogens is 3. The molecule has 0 saturated carbocycles. The van der Waals surface area contributed by atoms with Gasteiger partial charge in [0.1, 0.15) is 11.8 Å². The SMILES string of the molecule is CCOCC(Nc1ncnn2cc(C(=O)O)c(C)c12)c1ccccc1. The summed E-state index contributed by atoms with van der Waals surface area (Å²) in [5.41, 5.74) is 2.55. The first-order valence-corrected chi connectivity index (χ1v) is 8.07. The van der Waals surface area contributed by atoms with Gasteiger partial charge in [-0.15, -0.1) is 0 Å². The van der Waals surface area contributed by atoms with Crippen LogP contribution in [0.4, 0.5) is 5.82 Å². The molecule has 0 bridgehead atoms. The lowest BCUT2D eigenvalue weighted by atomic mass is 10.1. The third-order valence-electron chi connectivity index (χ3n) is 4.06. The fourth-order valence-corrected chi connectivity index (χ4v) is 2.79. The van der Waals surface area contributed by atoms with E-state index in [1.807, 2.05) is 37.3 Å². The summed E-state index contributed by atoms with van der Waals surface area (Å²) in [5.74, 6) is -0.406. The number of carboxylic acid groups (broad SMARTS) is 1. The Morgan fingerprint density at radius 3 is 2.80 bits per heavy atom. The Hall–Kier alpha value is -2.93. The maximum atomic E-state index is 11.4. The van der Waals surface area contributed by atoms with Gasteiger partial charge in [0.05, 0.1) is 18.2 Å². The molecule has 0 aliphatic rings. The summed E-state index contributed by atoms with van der Waals surface area (Å²) < 4.78 is 7.14. The number of carbonyl (C=O) groups is 1. The molecule has 1 unspecified atom stereocenters. The number of hydrogen-bond acceptors (Lipinski definition) is 5. The van der Waals surface area contributed by atoms with Gasteiger partial charge in [-0.3, -0.25) is 0 Å². The summed E-state index contributed by atoms with van der Waals surface area (Å²) in [5, 5.41) is 16.8. The summed E-state index contributed by atoms with van der Waals surface area (Å²) in [6.45, 7) is 4.79. The Kier molecular flexibility index (Phi) is 4.95. The van der Waals surface area contributed by atoms with Crippen molar-refractivity contribution >= 4 is 17.3 Å². The standard InChI is InChI=1S/C18H20N4O3/c1-3-25-10-15(13-7-5-4-6-8-13)21-17-16-12(2)14(18(23)24)9-22(16)20-11-19-17/h4-9,11,15H,3,10H2,1-2H3,(H,23,24)(H,19,20,21). The highest BCUT2D eigenvalue weighted by molar-refractivity contribution is 5.93. The van der Waals surface area contributed by atoms with Crippen molar-refractivity contribution < 1.29 is 14.6 Å². The molecule has 0 radical (unpaired) electrons. The molecule has 0 fully saturated rings. The van der Waals surface area contributed by atoms with Crippen LogP contribution in [0, 0.1) is 6.92 Å². The predicted octanol–water partition coefficient (Wildman–Crippen LogP) is 2.93. The van der Waals surface area contributed by atoms with Gasteiger partial charge in [-0.2, -0.15) is 5.10 Å². The zero-order valence-electron chi connectivity index (χ0n) is 14.1. The first-order chi connectivity index (χ1) is 12.1. The van der Waals surface area contributed by atoms with Gasteiger partial charge in [0.25, 0.3) is 0 Å². The fourth-order valence-electron chi connectivity index (χ4n) is 2.79. The minimum atomic E-state index is -0.983. The molecule has 7 heteroatoms. The molecular weight excluding hydrogens is 320 g/mol. The maximum Gasteiger partial charge on any atom is 0.337 e. The van der Waals surface area contributed by atoms with Crippen LogP contribution in [0.25, 0.3) is 5.52 Å². The topological polar surface area (TPSA) is 88.8 Å². The quantitative estimate of drug-likeness (QED) is 0.687. The first-order valence-electron chi connectivity index (χ1n) is 8.07. The van der Waals surface area contributed by atoms with E-state index >= 15 is 0 Å². The molecule has 3 rings (SSSR count). The van der Waals surface area contributed by atoms with E-state index < -0.39 is 5.97 Å². The fraction of sp³-hybridized carbons (Fsp3) is 0.278. The van der Waals surface area contributed by atoms with Crippen molar-refractivity contribution in [2.75, 3.05) is 18.5 Å². The van der Waals surface area contributed by atoms with Gasteiger partial charge in [-0.25, -0.2) is 14.3 Å². The number of benzene rings is 1. The van der Waals surface area contributed by atoms with E-state index in [2.05, 4.69) is 15.4 Å². The number of nitrogens with zero attached hydrogens (tertiary/aromatic N) is 3. The molecule has 2 heterocycles. The van der Waals surface area contributed by atoms with E-state index in [1.54, 1.807) is 6.92 Å². The number of rotatable bonds is 7. The minimum absolute atomic E-state index is 0.109. The van der Waals surface area contributed by atoms with Crippen LogP contribution in [0.1, 0.15) is 34.5 Å². The molecule has 7 nitrogen and oxygen atoms in total. The van der Waals surface area contributed by atoms with Crippen LogP contribution in [0.2, 0.25) is 0 Å². The van der Waals surface area contributed by atoms with Crippen LogP contribution in [-0.2, 0) is 4.74 Å². The van der Waals surface area contributed by atoms with E-state index in [4.69, 9.17) is 4.74 Å². The summed E-state index contributed by atoms with van der Waals surface area (Å²) in [6, 6.07) is 9.82. The number of anilines is 1. The molecule has 0 amide bonds. The molecular formula is C18H20N4O3. The van der Waals surface area contributed by atoms with Gasteiger partial charge < -0.3 is 15.2 Å². The Morgan fingerprint density at radius 2 is 2.12 bits per heavy atom. The van der Waals surface area contributed by atoms with Crippen LogP contribution < -0.4 is 5.32 Å². The normalized spacial score (nSPS) is 12.2. The van der Waals surface area contributed by atoms with Crippen LogP contribution >= 0.6 is 0 Å². The van der Waals surface area contributed by atoms with Crippen molar-refractivity contribution in [1.29, 1.82) is 0 Å². The van der Waals surface area contributed by atoms with Gasteiger partial charge in [0.2, 0.25) is 0 Å². The van der Waals surface area contributed by atoms with E-state index in [1.165, 1.54) is 17.0 Å². The molecule has 1 aromatic carbocycles. The number of hydrogen-bond donors (Lipinski definition) is 2. The lowest BCUT2D eigenvalue weighted by molar-refractivity contribution is 0.0696. The number of carboxylic acids is 1. The first kappa shape index (κ1) is 16.9. The van der Waals surface area contributed by atoms with Crippen molar-refractivity contribution in [2.24, 2.45) is 0 Å². The van der Waals surface area contributed by atoms with Crippen LogP contribution in [0.5, 0.6) is 0 Å². The molecule has 2 N–H and O–H groups in total. The summed E-state index contributed by atoms with van der Waals surface area (Å²) in [4.78, 5) is 15.7. The zero-order chi connectivity index (χ0) is 17.8. The Labute approximate surface area is 145 Å². The molecule has 25 heavy (non-hydrogen) atoms. The second-order valence-corrected chi connectivity index (χ2v) is 5.64. The molecule has 0 saturated heterocycles. The van der Waals surface area contributed by atoms with Gasteiger partial charge in [-0.1, -0.05) is 30.3 Å². The maximum absolute atomic E-state index is 11.4. The molecule has 3 aromatic rings. The summed E-state index contributed by atoms with van der Waals surface area (Å²) in [6.07, 6.45) is 2.91. The number of ether oxygens (including phenoxy) is 1. The second-order valence-electron chi connectivity index (χ2n) is 5.64. The van der Waals surface area contributed by atoms with Crippen molar-refractivity contribution in [3.05, 3.63) is 59.5 Å².